The summed E-state index contributed by atoms with van der Waals surface area (Å²) in [4.78, 5) is 13.1. The minimum Gasteiger partial charge on any atom is -0.390 e. The predicted octanol–water partition coefficient (Wildman–Crippen LogP) is 0.656. The van der Waals surface area contributed by atoms with Crippen molar-refractivity contribution in [2.45, 2.75) is 25.5 Å². The van der Waals surface area contributed by atoms with E-state index < -0.39 is 6.10 Å². The first-order chi connectivity index (χ1) is 8.49. The molecule has 0 aliphatic carbocycles. The predicted molar refractivity (Wildman–Crippen MR) is 72.3 cm³/mol. The van der Waals surface area contributed by atoms with Crippen LogP contribution in [0.5, 0.6) is 0 Å². The normalized spacial score (nSPS) is 14.3. The molecule has 4 heteroatoms. The molecule has 18 heavy (non-hydrogen) atoms. The fraction of sp³-hybridized carbons (Fsp3) is 0.500. The van der Waals surface area contributed by atoms with E-state index in [0.29, 0.717) is 13.0 Å². The molecular formula is C14H22N2O2. The molecule has 0 spiro atoms. The van der Waals surface area contributed by atoms with Crippen LogP contribution in [0.2, 0.25) is 0 Å². The Kier molecular flexibility index (Phi) is 5.82. The van der Waals surface area contributed by atoms with Crippen LogP contribution in [0.1, 0.15) is 12.5 Å². The van der Waals surface area contributed by atoms with Gasteiger partial charge >= 0.3 is 0 Å². The van der Waals surface area contributed by atoms with Crippen molar-refractivity contribution in [1.82, 2.24) is 10.2 Å². The number of carbonyl (C=O) groups excluding carboxylic acids is 1. The van der Waals surface area contributed by atoms with E-state index in [1.807, 2.05) is 49.3 Å². The third-order valence-electron chi connectivity index (χ3n) is 2.70. The lowest BCUT2D eigenvalue weighted by molar-refractivity contribution is -0.120. The van der Waals surface area contributed by atoms with Crippen molar-refractivity contribution < 1.29 is 9.90 Å². The van der Waals surface area contributed by atoms with Crippen LogP contribution in [0.25, 0.3) is 0 Å². The Labute approximate surface area is 109 Å². The van der Waals surface area contributed by atoms with Gasteiger partial charge < -0.3 is 15.3 Å². The van der Waals surface area contributed by atoms with E-state index >= 15 is 0 Å². The number of likely N-dealkylation sites (N-methyl/N-ethyl adjacent to an activating group) is 1. The number of aliphatic hydroxyl groups is 1. The van der Waals surface area contributed by atoms with Gasteiger partial charge in [0.25, 0.3) is 0 Å². The molecule has 0 bridgehead atoms. The molecule has 0 unspecified atom stereocenters. The van der Waals surface area contributed by atoms with Crippen molar-refractivity contribution in [3.05, 3.63) is 35.9 Å². The van der Waals surface area contributed by atoms with E-state index in [2.05, 4.69) is 5.32 Å². The highest BCUT2D eigenvalue weighted by Gasteiger charge is 2.20. The smallest absolute Gasteiger partial charge is 0.217 e. The number of amides is 1. The van der Waals surface area contributed by atoms with Gasteiger partial charge in [-0.2, -0.15) is 0 Å². The van der Waals surface area contributed by atoms with Gasteiger partial charge in [0.15, 0.2) is 0 Å². The molecule has 4 nitrogen and oxygen atoms in total. The molecule has 0 aromatic heterocycles. The number of hydrogen-bond acceptors (Lipinski definition) is 3. The zero-order valence-electron chi connectivity index (χ0n) is 11.3. The van der Waals surface area contributed by atoms with Gasteiger partial charge in [-0.05, 0) is 26.1 Å². The number of carbonyl (C=O) groups is 1. The summed E-state index contributed by atoms with van der Waals surface area (Å²) in [7, 11) is 3.80. The maximum Gasteiger partial charge on any atom is 0.217 e. The first-order valence-corrected chi connectivity index (χ1v) is 6.13. The fourth-order valence-electron chi connectivity index (χ4n) is 1.91. The molecule has 100 valence electrons. The van der Waals surface area contributed by atoms with Crippen molar-refractivity contribution >= 4 is 5.91 Å². The van der Waals surface area contributed by atoms with Gasteiger partial charge in [0, 0.05) is 13.5 Å². The maximum atomic E-state index is 11.2. The standard InChI is InChI=1S/C14H22N2O2/c1-11(17)15-13(14(18)10-16(2)3)9-12-7-5-4-6-8-12/h4-8,13-14,18H,9-10H2,1-3H3,(H,15,17)/t13-,14-/m0/s1. The monoisotopic (exact) mass is 250 g/mol. The molecule has 1 aromatic rings. The van der Waals surface area contributed by atoms with Crippen molar-refractivity contribution in [3.63, 3.8) is 0 Å². The molecule has 2 atom stereocenters. The van der Waals surface area contributed by atoms with Gasteiger partial charge in [0.05, 0.1) is 12.1 Å². The summed E-state index contributed by atoms with van der Waals surface area (Å²) in [6.45, 7) is 2.00. The van der Waals surface area contributed by atoms with Gasteiger partial charge in [-0.15, -0.1) is 0 Å². The molecule has 0 saturated heterocycles. The molecule has 1 rings (SSSR count). The zero-order valence-corrected chi connectivity index (χ0v) is 11.3. The Morgan fingerprint density at radius 1 is 1.33 bits per heavy atom. The number of benzene rings is 1. The van der Waals surface area contributed by atoms with E-state index in [9.17, 15) is 9.90 Å². The van der Waals surface area contributed by atoms with Crippen molar-refractivity contribution in [3.8, 4) is 0 Å². The fourth-order valence-corrected chi connectivity index (χ4v) is 1.91. The average molecular weight is 250 g/mol. The summed E-state index contributed by atoms with van der Waals surface area (Å²) in [5.74, 6) is -0.117. The van der Waals surface area contributed by atoms with E-state index in [1.54, 1.807) is 0 Å². The molecule has 0 aliphatic heterocycles. The van der Waals surface area contributed by atoms with Crippen LogP contribution in [-0.4, -0.2) is 48.7 Å². The van der Waals surface area contributed by atoms with Crippen molar-refractivity contribution in [2.24, 2.45) is 0 Å². The van der Waals surface area contributed by atoms with Crippen LogP contribution in [0.15, 0.2) is 30.3 Å². The van der Waals surface area contributed by atoms with Gasteiger partial charge in [-0.25, -0.2) is 0 Å². The number of nitrogens with zero attached hydrogens (tertiary/aromatic N) is 1. The Morgan fingerprint density at radius 3 is 2.44 bits per heavy atom. The largest absolute Gasteiger partial charge is 0.390 e. The Balaban J connectivity index is 2.69. The summed E-state index contributed by atoms with van der Waals surface area (Å²) >= 11 is 0. The second-order valence-corrected chi connectivity index (χ2v) is 4.83. The number of hydrogen-bond donors (Lipinski definition) is 2. The van der Waals surface area contributed by atoms with Gasteiger partial charge in [0.2, 0.25) is 5.91 Å². The van der Waals surface area contributed by atoms with Crippen molar-refractivity contribution in [2.75, 3.05) is 20.6 Å². The first kappa shape index (κ1) is 14.7. The Morgan fingerprint density at radius 2 is 1.94 bits per heavy atom. The van der Waals surface area contributed by atoms with Crippen LogP contribution in [0.3, 0.4) is 0 Å². The SMILES string of the molecule is CC(=O)N[C@@H](Cc1ccccc1)[C@@H](O)CN(C)C. The quantitative estimate of drug-likeness (QED) is 0.779. The lowest BCUT2D eigenvalue weighted by Crippen LogP contribution is -2.47. The van der Waals surface area contributed by atoms with Crippen LogP contribution in [0.4, 0.5) is 0 Å². The summed E-state index contributed by atoms with van der Waals surface area (Å²) in [5, 5.41) is 13.0. The van der Waals surface area contributed by atoms with Gasteiger partial charge in [-0.3, -0.25) is 4.79 Å². The number of rotatable bonds is 6. The summed E-state index contributed by atoms with van der Waals surface area (Å²) < 4.78 is 0. The molecule has 0 saturated carbocycles. The molecule has 2 N–H and O–H groups in total. The van der Waals surface area contributed by atoms with Crippen LogP contribution < -0.4 is 5.32 Å². The number of nitrogens with one attached hydrogen (secondary N) is 1. The van der Waals surface area contributed by atoms with E-state index in [4.69, 9.17) is 0 Å². The first-order valence-electron chi connectivity index (χ1n) is 6.13. The van der Waals surface area contributed by atoms with E-state index in [1.165, 1.54) is 6.92 Å². The van der Waals surface area contributed by atoms with Crippen LogP contribution in [-0.2, 0) is 11.2 Å². The topological polar surface area (TPSA) is 52.6 Å². The summed E-state index contributed by atoms with van der Waals surface area (Å²) in [6.07, 6.45) is 0.0548. The maximum absolute atomic E-state index is 11.2. The zero-order chi connectivity index (χ0) is 13.5. The third-order valence-corrected chi connectivity index (χ3v) is 2.70. The van der Waals surface area contributed by atoms with Crippen LogP contribution in [0, 0.1) is 0 Å². The van der Waals surface area contributed by atoms with Gasteiger partial charge in [0.1, 0.15) is 0 Å². The number of aliphatic hydroxyl groups excluding tert-OH is 1. The van der Waals surface area contributed by atoms with E-state index in [0.717, 1.165) is 5.56 Å². The highest BCUT2D eigenvalue weighted by atomic mass is 16.3. The van der Waals surface area contributed by atoms with Gasteiger partial charge in [-0.1, -0.05) is 30.3 Å². The molecule has 1 aromatic carbocycles. The van der Waals surface area contributed by atoms with Crippen LogP contribution >= 0.6 is 0 Å². The minimum absolute atomic E-state index is 0.117. The lowest BCUT2D eigenvalue weighted by atomic mass is 10.0. The third kappa shape index (κ3) is 5.29. The second kappa shape index (κ2) is 7.13. The second-order valence-electron chi connectivity index (χ2n) is 4.83. The minimum atomic E-state index is -0.580. The van der Waals surface area contributed by atoms with Crippen molar-refractivity contribution in [1.29, 1.82) is 0 Å². The average Bonchev–Trinajstić information content (AvgIpc) is 2.28. The highest BCUT2D eigenvalue weighted by Crippen LogP contribution is 2.07. The molecule has 1 amide bonds. The van der Waals surface area contributed by atoms with E-state index in [-0.39, 0.29) is 11.9 Å². The molecule has 0 radical (unpaired) electrons. The summed E-state index contributed by atoms with van der Waals surface area (Å²) in [6, 6.07) is 9.60. The summed E-state index contributed by atoms with van der Waals surface area (Å²) in [5.41, 5.74) is 1.11. The molecule has 0 heterocycles. The Hall–Kier alpha value is -1.39. The Bertz CT molecular complexity index is 365. The molecule has 0 aliphatic rings. The molecular weight excluding hydrogens is 228 g/mol. The molecule has 0 fully saturated rings. The lowest BCUT2D eigenvalue weighted by Gasteiger charge is -2.26. The highest BCUT2D eigenvalue weighted by molar-refractivity contribution is 5.73.